The van der Waals surface area contributed by atoms with Crippen molar-refractivity contribution in [2.24, 2.45) is 7.05 Å². The number of ether oxygens (including phenoxy) is 1. The number of aromatic nitrogens is 2. The van der Waals surface area contributed by atoms with Crippen molar-refractivity contribution in [3.8, 4) is 5.75 Å². The molecule has 5 aromatic rings. The standard InChI is InChI=1S/C23H17N3O4/c1-26-23(28)15-9-4-3-8-14(15)21(25-26)22(27)24-17-12-19-16(11-20(17)29-2)13-7-5-6-10-18(13)30-19/h3-12H,1-2H3,(H,24,27). The molecule has 0 atom stereocenters. The van der Waals surface area contributed by atoms with E-state index in [-0.39, 0.29) is 11.3 Å². The van der Waals surface area contributed by atoms with Crippen LogP contribution in [0.1, 0.15) is 10.5 Å². The molecule has 0 aliphatic carbocycles. The van der Waals surface area contributed by atoms with E-state index in [2.05, 4.69) is 10.4 Å². The van der Waals surface area contributed by atoms with Crippen LogP contribution in [-0.2, 0) is 7.05 Å². The maximum atomic E-state index is 13.1. The second-order valence-electron chi connectivity index (χ2n) is 6.92. The molecule has 1 N–H and O–H groups in total. The number of para-hydroxylation sites is 1. The van der Waals surface area contributed by atoms with Crippen molar-refractivity contribution in [3.05, 3.63) is 76.7 Å². The number of nitrogens with zero attached hydrogens (tertiary/aromatic N) is 2. The monoisotopic (exact) mass is 399 g/mol. The van der Waals surface area contributed by atoms with Gasteiger partial charge < -0.3 is 14.5 Å². The Labute approximate surface area is 170 Å². The minimum absolute atomic E-state index is 0.152. The topological polar surface area (TPSA) is 86.4 Å². The molecule has 0 unspecified atom stereocenters. The van der Waals surface area contributed by atoms with Crippen LogP contribution in [0.15, 0.2) is 69.9 Å². The first kappa shape index (κ1) is 17.9. The highest BCUT2D eigenvalue weighted by Crippen LogP contribution is 2.36. The van der Waals surface area contributed by atoms with Gasteiger partial charge in [0.1, 0.15) is 16.9 Å². The van der Waals surface area contributed by atoms with Crippen molar-refractivity contribution in [1.82, 2.24) is 9.78 Å². The van der Waals surface area contributed by atoms with Gasteiger partial charge in [-0.25, -0.2) is 4.68 Å². The van der Waals surface area contributed by atoms with Gasteiger partial charge in [-0.3, -0.25) is 9.59 Å². The van der Waals surface area contributed by atoms with Gasteiger partial charge in [-0.1, -0.05) is 36.4 Å². The Morgan fingerprint density at radius 1 is 0.967 bits per heavy atom. The summed E-state index contributed by atoms with van der Waals surface area (Å²) < 4.78 is 12.6. The molecule has 30 heavy (non-hydrogen) atoms. The van der Waals surface area contributed by atoms with Crippen LogP contribution in [0.2, 0.25) is 0 Å². The Kier molecular flexibility index (Phi) is 4.03. The van der Waals surface area contributed by atoms with Gasteiger partial charge in [0.05, 0.1) is 18.2 Å². The smallest absolute Gasteiger partial charge is 0.276 e. The van der Waals surface area contributed by atoms with Crippen molar-refractivity contribution in [2.75, 3.05) is 12.4 Å². The first-order valence-corrected chi connectivity index (χ1v) is 9.33. The number of methoxy groups -OCH3 is 1. The van der Waals surface area contributed by atoms with Gasteiger partial charge in [-0.15, -0.1) is 0 Å². The molecule has 2 heterocycles. The Morgan fingerprint density at radius 2 is 1.67 bits per heavy atom. The van der Waals surface area contributed by atoms with Gasteiger partial charge in [0.15, 0.2) is 5.69 Å². The highest BCUT2D eigenvalue weighted by atomic mass is 16.5. The third-order valence-electron chi connectivity index (χ3n) is 5.12. The molecule has 0 fully saturated rings. The number of anilines is 1. The molecule has 0 bridgehead atoms. The zero-order valence-electron chi connectivity index (χ0n) is 16.3. The summed E-state index contributed by atoms with van der Waals surface area (Å²) in [6, 6.07) is 18.2. The maximum absolute atomic E-state index is 13.1. The molecule has 7 heteroatoms. The number of fused-ring (bicyclic) bond motifs is 4. The van der Waals surface area contributed by atoms with E-state index in [9.17, 15) is 9.59 Å². The predicted molar refractivity (Wildman–Crippen MR) is 115 cm³/mol. The fourth-order valence-electron chi connectivity index (χ4n) is 3.67. The number of carbonyl (C=O) groups is 1. The van der Waals surface area contributed by atoms with E-state index in [1.54, 1.807) is 37.4 Å². The third kappa shape index (κ3) is 2.71. The normalized spacial score (nSPS) is 11.3. The number of nitrogens with one attached hydrogen (secondary N) is 1. The molecule has 7 nitrogen and oxygen atoms in total. The van der Waals surface area contributed by atoms with Gasteiger partial charge in [0.25, 0.3) is 11.5 Å². The van der Waals surface area contributed by atoms with E-state index >= 15 is 0 Å². The van der Waals surface area contributed by atoms with Crippen LogP contribution >= 0.6 is 0 Å². The molecule has 5 rings (SSSR count). The highest BCUT2D eigenvalue weighted by Gasteiger charge is 2.19. The predicted octanol–water partition coefficient (Wildman–Crippen LogP) is 4.09. The maximum Gasteiger partial charge on any atom is 0.276 e. The van der Waals surface area contributed by atoms with Crippen LogP contribution in [0.5, 0.6) is 5.75 Å². The van der Waals surface area contributed by atoms with Crippen LogP contribution in [0.3, 0.4) is 0 Å². The molecule has 0 spiro atoms. The van der Waals surface area contributed by atoms with Gasteiger partial charge >= 0.3 is 0 Å². The van der Waals surface area contributed by atoms with Crippen molar-refractivity contribution >= 4 is 44.3 Å². The van der Waals surface area contributed by atoms with Gasteiger partial charge in [0, 0.05) is 29.3 Å². The molecule has 3 aromatic carbocycles. The van der Waals surface area contributed by atoms with Crippen LogP contribution in [0, 0.1) is 0 Å². The number of hydrogen-bond acceptors (Lipinski definition) is 5. The van der Waals surface area contributed by atoms with Crippen LogP contribution in [0.4, 0.5) is 5.69 Å². The van der Waals surface area contributed by atoms with E-state index in [0.29, 0.717) is 27.8 Å². The number of amides is 1. The first-order valence-electron chi connectivity index (χ1n) is 9.33. The molecular weight excluding hydrogens is 382 g/mol. The molecular formula is C23H17N3O4. The number of rotatable bonds is 3. The number of benzene rings is 3. The molecule has 0 saturated carbocycles. The minimum Gasteiger partial charge on any atom is -0.495 e. The summed E-state index contributed by atoms with van der Waals surface area (Å²) in [7, 11) is 3.06. The van der Waals surface area contributed by atoms with Crippen molar-refractivity contribution in [1.29, 1.82) is 0 Å². The first-order chi connectivity index (χ1) is 14.6. The average molecular weight is 399 g/mol. The van der Waals surface area contributed by atoms with E-state index in [4.69, 9.17) is 9.15 Å². The number of carbonyl (C=O) groups excluding carboxylic acids is 1. The fourth-order valence-corrected chi connectivity index (χ4v) is 3.67. The van der Waals surface area contributed by atoms with Crippen LogP contribution in [0.25, 0.3) is 32.7 Å². The van der Waals surface area contributed by atoms with Crippen LogP contribution < -0.4 is 15.6 Å². The summed E-state index contributed by atoms with van der Waals surface area (Å²) >= 11 is 0. The highest BCUT2D eigenvalue weighted by molar-refractivity contribution is 6.13. The summed E-state index contributed by atoms with van der Waals surface area (Å²) in [6.07, 6.45) is 0. The molecule has 0 radical (unpaired) electrons. The summed E-state index contributed by atoms with van der Waals surface area (Å²) in [5, 5.41) is 9.81. The van der Waals surface area contributed by atoms with Crippen molar-refractivity contribution < 1.29 is 13.9 Å². The van der Waals surface area contributed by atoms with Gasteiger partial charge in [-0.2, -0.15) is 5.10 Å². The second-order valence-corrected chi connectivity index (χ2v) is 6.92. The Morgan fingerprint density at radius 3 is 2.43 bits per heavy atom. The lowest BCUT2D eigenvalue weighted by atomic mass is 10.1. The minimum atomic E-state index is -0.449. The molecule has 0 aliphatic rings. The number of hydrogen-bond donors (Lipinski definition) is 1. The van der Waals surface area contributed by atoms with E-state index in [0.717, 1.165) is 21.0 Å². The third-order valence-corrected chi connectivity index (χ3v) is 5.12. The Hall–Kier alpha value is -4.13. The lowest BCUT2D eigenvalue weighted by Gasteiger charge is -2.12. The average Bonchev–Trinajstić information content (AvgIpc) is 3.13. The zero-order valence-corrected chi connectivity index (χ0v) is 16.3. The molecule has 1 amide bonds. The summed E-state index contributed by atoms with van der Waals surface area (Å²) in [5.74, 6) is 0.0482. The van der Waals surface area contributed by atoms with E-state index < -0.39 is 5.91 Å². The van der Waals surface area contributed by atoms with Crippen molar-refractivity contribution in [2.45, 2.75) is 0 Å². The largest absolute Gasteiger partial charge is 0.495 e. The molecule has 148 valence electrons. The second kappa shape index (κ2) is 6.73. The zero-order chi connectivity index (χ0) is 20.8. The lowest BCUT2D eigenvalue weighted by Crippen LogP contribution is -2.25. The van der Waals surface area contributed by atoms with Crippen LogP contribution in [-0.4, -0.2) is 22.8 Å². The molecule has 0 saturated heterocycles. The van der Waals surface area contributed by atoms with Gasteiger partial charge in [-0.05, 0) is 18.2 Å². The molecule has 0 aliphatic heterocycles. The quantitative estimate of drug-likeness (QED) is 0.494. The van der Waals surface area contributed by atoms with Crippen molar-refractivity contribution in [3.63, 3.8) is 0 Å². The van der Waals surface area contributed by atoms with E-state index in [1.165, 1.54) is 7.05 Å². The number of furan rings is 1. The Bertz CT molecular complexity index is 1510. The fraction of sp³-hybridized carbons (Fsp3) is 0.0870. The summed E-state index contributed by atoms with van der Waals surface area (Å²) in [4.78, 5) is 25.4. The van der Waals surface area contributed by atoms with E-state index in [1.807, 2.05) is 30.3 Å². The number of aryl methyl sites for hydroxylation is 1. The summed E-state index contributed by atoms with van der Waals surface area (Å²) in [6.45, 7) is 0. The SMILES string of the molecule is COc1cc2c(cc1NC(=O)c1nn(C)c(=O)c3ccccc13)oc1ccccc12. The molecule has 2 aromatic heterocycles. The summed E-state index contributed by atoms with van der Waals surface area (Å²) in [5.41, 5.74) is 1.73. The Balaban J connectivity index is 1.63. The van der Waals surface area contributed by atoms with Gasteiger partial charge in [0.2, 0.25) is 0 Å². The lowest BCUT2D eigenvalue weighted by molar-refractivity contribution is 0.102.